The fourth-order valence-corrected chi connectivity index (χ4v) is 3.91. The number of nitrogens with one attached hydrogen (secondary N) is 1. The summed E-state index contributed by atoms with van der Waals surface area (Å²) in [6, 6.07) is 16.3. The van der Waals surface area contributed by atoms with Gasteiger partial charge in [0.15, 0.2) is 0 Å². The number of aliphatic hydroxyl groups excluding tert-OH is 1. The highest BCUT2D eigenvalue weighted by Crippen LogP contribution is 2.50. The summed E-state index contributed by atoms with van der Waals surface area (Å²) in [6.45, 7) is 0. The van der Waals surface area contributed by atoms with Gasteiger partial charge in [-0.05, 0) is 43.2 Å². The lowest BCUT2D eigenvalue weighted by Gasteiger charge is -2.39. The normalized spacial score (nSPS) is 24.9. The number of hydrogen-bond donors (Lipinski definition) is 2. The second-order valence-corrected chi connectivity index (χ2v) is 7.31. The Morgan fingerprint density at radius 3 is 2.32 bits per heavy atom. The van der Waals surface area contributed by atoms with Crippen LogP contribution in [0, 0.1) is 11.7 Å². The Balaban J connectivity index is 1.58. The minimum absolute atomic E-state index is 0.104. The number of halogens is 1. The highest BCUT2D eigenvalue weighted by atomic mass is 19.1. The van der Waals surface area contributed by atoms with Crippen molar-refractivity contribution in [1.82, 2.24) is 5.32 Å². The maximum absolute atomic E-state index is 14.2. The van der Waals surface area contributed by atoms with Gasteiger partial charge in [-0.1, -0.05) is 48.5 Å². The van der Waals surface area contributed by atoms with Crippen molar-refractivity contribution < 1.29 is 14.3 Å². The molecule has 0 spiro atoms. The van der Waals surface area contributed by atoms with Gasteiger partial charge < -0.3 is 10.4 Å². The topological polar surface area (TPSA) is 49.3 Å². The molecule has 0 bridgehead atoms. The molecule has 4 rings (SSSR count). The lowest BCUT2D eigenvalue weighted by atomic mass is 9.74. The minimum atomic E-state index is -0.735. The van der Waals surface area contributed by atoms with Crippen LogP contribution in [-0.2, 0) is 10.2 Å². The molecule has 2 aliphatic carbocycles. The summed E-state index contributed by atoms with van der Waals surface area (Å²) < 4.78 is 14.2. The van der Waals surface area contributed by atoms with Crippen LogP contribution in [0.5, 0.6) is 0 Å². The number of carbonyl (C=O) groups is 1. The number of benzene rings is 2. The smallest absolute Gasteiger partial charge is 0.231 e. The van der Waals surface area contributed by atoms with E-state index in [0.29, 0.717) is 31.2 Å². The first-order chi connectivity index (χ1) is 12.1. The van der Waals surface area contributed by atoms with Crippen LogP contribution in [0.1, 0.15) is 42.9 Å². The van der Waals surface area contributed by atoms with Gasteiger partial charge in [-0.15, -0.1) is 0 Å². The minimum Gasteiger partial charge on any atom is -0.393 e. The zero-order valence-corrected chi connectivity index (χ0v) is 14.0. The summed E-state index contributed by atoms with van der Waals surface area (Å²) in [4.78, 5) is 13.0. The first-order valence-corrected chi connectivity index (χ1v) is 8.89. The Morgan fingerprint density at radius 2 is 1.72 bits per heavy atom. The first-order valence-electron chi connectivity index (χ1n) is 8.89. The monoisotopic (exact) mass is 339 g/mol. The highest BCUT2D eigenvalue weighted by molar-refractivity contribution is 5.91. The van der Waals surface area contributed by atoms with Crippen molar-refractivity contribution in [2.45, 2.75) is 43.2 Å². The SMILES string of the molecule is O=C(N[C@H](c1ccccc1)C1CC(O)C1)C1(c2ccccc2F)CC1. The van der Waals surface area contributed by atoms with Crippen LogP contribution in [0.3, 0.4) is 0 Å². The standard InChI is InChI=1S/C21H22FNO2/c22-18-9-5-4-8-17(18)21(10-11-21)20(25)23-19(15-12-16(24)13-15)14-6-2-1-3-7-14/h1-9,15-16,19,24H,10-13H2,(H,23,25)/t15?,16?,19-/m1/s1. The number of rotatable bonds is 5. The van der Waals surface area contributed by atoms with Crippen molar-refractivity contribution in [2.24, 2.45) is 5.92 Å². The summed E-state index contributed by atoms with van der Waals surface area (Å²) in [5.74, 6) is -0.198. The van der Waals surface area contributed by atoms with Crippen LogP contribution in [0.4, 0.5) is 4.39 Å². The molecule has 25 heavy (non-hydrogen) atoms. The highest BCUT2D eigenvalue weighted by Gasteiger charge is 2.53. The molecule has 0 aromatic heterocycles. The zero-order chi connectivity index (χ0) is 17.4. The number of amides is 1. The molecule has 2 saturated carbocycles. The average molecular weight is 339 g/mol. The van der Waals surface area contributed by atoms with E-state index in [1.54, 1.807) is 18.2 Å². The Kier molecular flexibility index (Phi) is 4.08. The fraction of sp³-hybridized carbons (Fsp3) is 0.381. The van der Waals surface area contributed by atoms with Crippen LogP contribution >= 0.6 is 0 Å². The predicted octanol–water partition coefficient (Wildman–Crippen LogP) is 3.49. The van der Waals surface area contributed by atoms with Gasteiger partial charge in [-0.2, -0.15) is 0 Å². The van der Waals surface area contributed by atoms with E-state index in [1.807, 2.05) is 30.3 Å². The maximum Gasteiger partial charge on any atom is 0.231 e. The maximum atomic E-state index is 14.2. The Labute approximate surface area is 146 Å². The van der Waals surface area contributed by atoms with Crippen molar-refractivity contribution in [1.29, 1.82) is 0 Å². The van der Waals surface area contributed by atoms with Gasteiger partial charge in [0.05, 0.1) is 17.6 Å². The molecule has 1 atom stereocenters. The number of hydrogen-bond acceptors (Lipinski definition) is 2. The third-order valence-electron chi connectivity index (χ3n) is 5.64. The summed E-state index contributed by atoms with van der Waals surface area (Å²) in [5, 5.41) is 12.8. The molecule has 130 valence electrons. The van der Waals surface area contributed by atoms with Crippen molar-refractivity contribution in [3.63, 3.8) is 0 Å². The molecule has 2 aromatic carbocycles. The molecule has 4 heteroatoms. The van der Waals surface area contributed by atoms with Crippen molar-refractivity contribution in [3.05, 3.63) is 71.5 Å². The van der Waals surface area contributed by atoms with E-state index >= 15 is 0 Å². The van der Waals surface area contributed by atoms with Crippen molar-refractivity contribution in [3.8, 4) is 0 Å². The molecule has 0 aliphatic heterocycles. The van der Waals surface area contributed by atoms with E-state index < -0.39 is 5.41 Å². The summed E-state index contributed by atoms with van der Waals surface area (Å²) in [6.07, 6.45) is 2.44. The molecule has 0 radical (unpaired) electrons. The molecule has 0 saturated heterocycles. The van der Waals surface area contributed by atoms with E-state index in [4.69, 9.17) is 0 Å². The van der Waals surface area contributed by atoms with Crippen molar-refractivity contribution in [2.75, 3.05) is 0 Å². The van der Waals surface area contributed by atoms with Gasteiger partial charge in [0.25, 0.3) is 0 Å². The van der Waals surface area contributed by atoms with E-state index in [0.717, 1.165) is 5.56 Å². The Hall–Kier alpha value is -2.20. The van der Waals surface area contributed by atoms with Gasteiger partial charge in [-0.25, -0.2) is 4.39 Å². The fourth-order valence-electron chi connectivity index (χ4n) is 3.91. The largest absolute Gasteiger partial charge is 0.393 e. The molecule has 2 fully saturated rings. The summed E-state index contributed by atoms with van der Waals surface area (Å²) in [5.41, 5.74) is 0.797. The summed E-state index contributed by atoms with van der Waals surface area (Å²) >= 11 is 0. The van der Waals surface area contributed by atoms with Crippen molar-refractivity contribution >= 4 is 5.91 Å². The second-order valence-electron chi connectivity index (χ2n) is 7.31. The van der Waals surface area contributed by atoms with Crippen LogP contribution in [0.2, 0.25) is 0 Å². The third kappa shape index (κ3) is 2.95. The molecular formula is C21H22FNO2. The molecule has 0 heterocycles. The lowest BCUT2D eigenvalue weighted by Crippen LogP contribution is -2.44. The quantitative estimate of drug-likeness (QED) is 0.876. The second kappa shape index (κ2) is 6.26. The van der Waals surface area contributed by atoms with Gasteiger partial charge in [-0.3, -0.25) is 4.79 Å². The molecular weight excluding hydrogens is 317 g/mol. The Morgan fingerprint density at radius 1 is 1.08 bits per heavy atom. The van der Waals surface area contributed by atoms with E-state index in [2.05, 4.69) is 5.32 Å². The molecule has 2 aliphatic rings. The zero-order valence-electron chi connectivity index (χ0n) is 14.0. The first kappa shape index (κ1) is 16.3. The lowest BCUT2D eigenvalue weighted by molar-refractivity contribution is -0.125. The molecule has 3 nitrogen and oxygen atoms in total. The van der Waals surface area contributed by atoms with Gasteiger partial charge >= 0.3 is 0 Å². The predicted molar refractivity (Wildman–Crippen MR) is 93.4 cm³/mol. The van der Waals surface area contributed by atoms with Gasteiger partial charge in [0, 0.05) is 5.56 Å². The third-order valence-corrected chi connectivity index (χ3v) is 5.64. The number of carbonyl (C=O) groups excluding carboxylic acids is 1. The van der Waals surface area contributed by atoms with Crippen LogP contribution < -0.4 is 5.32 Å². The molecule has 0 unspecified atom stereocenters. The number of aliphatic hydroxyl groups is 1. The van der Waals surface area contributed by atoms with Crippen LogP contribution in [-0.4, -0.2) is 17.1 Å². The van der Waals surface area contributed by atoms with Crippen LogP contribution in [0.25, 0.3) is 0 Å². The van der Waals surface area contributed by atoms with Crippen LogP contribution in [0.15, 0.2) is 54.6 Å². The van der Waals surface area contributed by atoms with E-state index in [9.17, 15) is 14.3 Å². The molecule has 2 aromatic rings. The molecule has 1 amide bonds. The molecule has 2 N–H and O–H groups in total. The van der Waals surface area contributed by atoms with E-state index in [1.165, 1.54) is 6.07 Å². The average Bonchev–Trinajstić information content (AvgIpc) is 3.40. The summed E-state index contributed by atoms with van der Waals surface area (Å²) in [7, 11) is 0. The van der Waals surface area contributed by atoms with Gasteiger partial charge in [0.1, 0.15) is 5.82 Å². The Bertz CT molecular complexity index is 766. The van der Waals surface area contributed by atoms with E-state index in [-0.39, 0.29) is 29.8 Å². The van der Waals surface area contributed by atoms with Gasteiger partial charge in [0.2, 0.25) is 5.91 Å².